The van der Waals surface area contributed by atoms with Crippen LogP contribution in [0.3, 0.4) is 0 Å². The van der Waals surface area contributed by atoms with Crippen molar-refractivity contribution in [1.82, 2.24) is 10.6 Å². The van der Waals surface area contributed by atoms with Crippen molar-refractivity contribution in [2.45, 2.75) is 51.7 Å². The molecule has 1 saturated heterocycles. The van der Waals surface area contributed by atoms with Gasteiger partial charge in [0, 0.05) is 12.6 Å². The molecule has 0 aromatic rings. The van der Waals surface area contributed by atoms with E-state index < -0.39 is 0 Å². The molecule has 2 N–H and O–H groups in total. The average molecular weight is 228 g/mol. The van der Waals surface area contributed by atoms with Crippen molar-refractivity contribution >= 4 is 5.91 Å². The molecule has 4 heteroatoms. The summed E-state index contributed by atoms with van der Waals surface area (Å²) in [6.07, 6.45) is 4.52. The van der Waals surface area contributed by atoms with Crippen LogP contribution in [0.5, 0.6) is 0 Å². The fraction of sp³-hybridized carbons (Fsp3) is 0.917. The maximum atomic E-state index is 11.5. The van der Waals surface area contributed by atoms with Crippen molar-refractivity contribution in [2.75, 3.05) is 19.7 Å². The molecule has 0 radical (unpaired) electrons. The van der Waals surface area contributed by atoms with Crippen molar-refractivity contribution in [3.63, 3.8) is 0 Å². The van der Waals surface area contributed by atoms with Gasteiger partial charge in [0.15, 0.2) is 0 Å². The summed E-state index contributed by atoms with van der Waals surface area (Å²) in [5, 5.41) is 6.20. The lowest BCUT2D eigenvalue weighted by Gasteiger charge is -2.23. The van der Waals surface area contributed by atoms with Gasteiger partial charge in [-0.3, -0.25) is 4.79 Å². The van der Waals surface area contributed by atoms with Crippen molar-refractivity contribution < 1.29 is 9.53 Å². The van der Waals surface area contributed by atoms with Gasteiger partial charge in [0.25, 0.3) is 0 Å². The highest BCUT2D eigenvalue weighted by Crippen LogP contribution is 2.05. The predicted molar refractivity (Wildman–Crippen MR) is 64.4 cm³/mol. The third-order valence-electron chi connectivity index (χ3n) is 2.83. The topological polar surface area (TPSA) is 50.4 Å². The Hall–Kier alpha value is -0.610. The first-order valence-corrected chi connectivity index (χ1v) is 6.34. The fourth-order valence-electron chi connectivity index (χ4n) is 1.98. The Morgan fingerprint density at radius 1 is 1.62 bits per heavy atom. The van der Waals surface area contributed by atoms with Crippen LogP contribution in [0.25, 0.3) is 0 Å². The Morgan fingerprint density at radius 3 is 3.06 bits per heavy atom. The van der Waals surface area contributed by atoms with Gasteiger partial charge >= 0.3 is 0 Å². The molecule has 1 amide bonds. The molecule has 94 valence electrons. The summed E-state index contributed by atoms with van der Waals surface area (Å²) in [7, 11) is 0. The number of ether oxygens (including phenoxy) is 1. The van der Waals surface area contributed by atoms with E-state index in [1.807, 2.05) is 6.92 Å². The van der Waals surface area contributed by atoms with E-state index >= 15 is 0 Å². The van der Waals surface area contributed by atoms with Crippen LogP contribution in [-0.2, 0) is 9.53 Å². The van der Waals surface area contributed by atoms with Gasteiger partial charge in [-0.1, -0.05) is 13.3 Å². The largest absolute Gasteiger partial charge is 0.367 e. The number of carbonyl (C=O) groups excluding carboxylic acids is 1. The zero-order valence-electron chi connectivity index (χ0n) is 10.4. The molecule has 16 heavy (non-hydrogen) atoms. The minimum atomic E-state index is 0.00604. The molecule has 1 rings (SSSR count). The monoisotopic (exact) mass is 228 g/mol. The molecule has 1 fully saturated rings. The second-order valence-electron chi connectivity index (χ2n) is 4.54. The molecule has 0 bridgehead atoms. The summed E-state index contributed by atoms with van der Waals surface area (Å²) >= 11 is 0. The Balaban J connectivity index is 2.09. The summed E-state index contributed by atoms with van der Waals surface area (Å²) in [6.45, 7) is 6.29. The zero-order chi connectivity index (χ0) is 11.8. The Morgan fingerprint density at radius 2 is 2.44 bits per heavy atom. The lowest BCUT2D eigenvalue weighted by atomic mass is 10.1. The highest BCUT2D eigenvalue weighted by atomic mass is 16.5. The van der Waals surface area contributed by atoms with Crippen molar-refractivity contribution in [2.24, 2.45) is 0 Å². The van der Waals surface area contributed by atoms with Gasteiger partial charge < -0.3 is 15.4 Å². The first-order valence-electron chi connectivity index (χ1n) is 6.34. The van der Waals surface area contributed by atoms with Crippen LogP contribution in [-0.4, -0.2) is 37.7 Å². The molecule has 0 aliphatic carbocycles. The summed E-state index contributed by atoms with van der Waals surface area (Å²) < 4.78 is 5.55. The fourth-order valence-corrected chi connectivity index (χ4v) is 1.98. The van der Waals surface area contributed by atoms with Gasteiger partial charge in [0.05, 0.1) is 6.10 Å². The lowest BCUT2D eigenvalue weighted by Crippen LogP contribution is -2.40. The first-order chi connectivity index (χ1) is 7.72. The summed E-state index contributed by atoms with van der Waals surface area (Å²) in [5.74, 6) is 0.00604. The average Bonchev–Trinajstić information content (AvgIpc) is 2.28. The van der Waals surface area contributed by atoms with E-state index in [9.17, 15) is 4.79 Å². The molecule has 0 spiro atoms. The van der Waals surface area contributed by atoms with Gasteiger partial charge in [-0.15, -0.1) is 0 Å². The van der Waals surface area contributed by atoms with Crippen LogP contribution in [0.15, 0.2) is 0 Å². The summed E-state index contributed by atoms with van der Waals surface area (Å²) in [4.78, 5) is 11.5. The molecule has 1 aliphatic rings. The molecule has 2 atom stereocenters. The van der Waals surface area contributed by atoms with E-state index in [0.717, 1.165) is 38.8 Å². The van der Waals surface area contributed by atoms with Crippen LogP contribution < -0.4 is 10.6 Å². The van der Waals surface area contributed by atoms with E-state index in [1.54, 1.807) is 0 Å². The van der Waals surface area contributed by atoms with Crippen LogP contribution in [0.4, 0.5) is 0 Å². The molecule has 1 aliphatic heterocycles. The maximum Gasteiger partial charge on any atom is 0.246 e. The minimum absolute atomic E-state index is 0.00604. The van der Waals surface area contributed by atoms with Gasteiger partial charge in [0.2, 0.25) is 5.91 Å². The third kappa shape index (κ3) is 5.47. The smallest absolute Gasteiger partial charge is 0.246 e. The number of hydrogen-bond donors (Lipinski definition) is 2. The van der Waals surface area contributed by atoms with Crippen LogP contribution in [0.2, 0.25) is 0 Å². The normalized spacial score (nSPS) is 22.8. The predicted octanol–water partition coefficient (Wildman–Crippen LogP) is 1.06. The Bertz CT molecular complexity index is 203. The molecule has 0 saturated carbocycles. The van der Waals surface area contributed by atoms with E-state index in [-0.39, 0.29) is 24.7 Å². The van der Waals surface area contributed by atoms with E-state index in [4.69, 9.17) is 4.74 Å². The Kier molecular flexibility index (Phi) is 6.42. The van der Waals surface area contributed by atoms with Gasteiger partial charge in [-0.2, -0.15) is 0 Å². The van der Waals surface area contributed by atoms with Crippen molar-refractivity contribution in [1.29, 1.82) is 0 Å². The minimum Gasteiger partial charge on any atom is -0.367 e. The Labute approximate surface area is 98.1 Å². The number of amides is 1. The molecule has 0 aromatic heterocycles. The molecular formula is C12H24N2O2. The summed E-state index contributed by atoms with van der Waals surface area (Å²) in [6, 6.07) is 0.255. The van der Waals surface area contributed by atoms with E-state index in [1.165, 1.54) is 0 Å². The van der Waals surface area contributed by atoms with Crippen molar-refractivity contribution in [3.8, 4) is 0 Å². The number of hydrogen-bond acceptors (Lipinski definition) is 3. The quantitative estimate of drug-likeness (QED) is 0.714. The van der Waals surface area contributed by atoms with Crippen LogP contribution in [0.1, 0.15) is 39.5 Å². The van der Waals surface area contributed by atoms with Crippen molar-refractivity contribution in [3.05, 3.63) is 0 Å². The van der Waals surface area contributed by atoms with Gasteiger partial charge in [-0.05, 0) is 32.7 Å². The van der Waals surface area contributed by atoms with Gasteiger partial charge in [0.1, 0.15) is 6.61 Å². The van der Waals surface area contributed by atoms with Gasteiger partial charge in [-0.25, -0.2) is 0 Å². The molecule has 1 unspecified atom stereocenters. The van der Waals surface area contributed by atoms with Crippen LogP contribution in [0, 0.1) is 0 Å². The number of nitrogens with one attached hydrogen (secondary N) is 2. The number of rotatable bonds is 6. The second kappa shape index (κ2) is 7.63. The third-order valence-corrected chi connectivity index (χ3v) is 2.83. The molecular weight excluding hydrogens is 204 g/mol. The highest BCUT2D eigenvalue weighted by molar-refractivity contribution is 5.77. The highest BCUT2D eigenvalue weighted by Gasteiger charge is 2.15. The summed E-state index contributed by atoms with van der Waals surface area (Å²) in [5.41, 5.74) is 0. The van der Waals surface area contributed by atoms with E-state index in [0.29, 0.717) is 0 Å². The first kappa shape index (κ1) is 13.5. The number of carbonyl (C=O) groups is 1. The zero-order valence-corrected chi connectivity index (χ0v) is 10.4. The second-order valence-corrected chi connectivity index (χ2v) is 4.54. The molecule has 1 heterocycles. The van der Waals surface area contributed by atoms with E-state index in [2.05, 4.69) is 17.6 Å². The van der Waals surface area contributed by atoms with Crippen LogP contribution >= 0.6 is 0 Å². The SMILES string of the molecule is CCCC(C)NC(=O)CO[C@H]1CCCNC1. The lowest BCUT2D eigenvalue weighted by molar-refractivity contribution is -0.128. The molecule has 4 nitrogen and oxygen atoms in total. The standard InChI is InChI=1S/C12H24N2O2/c1-3-5-10(2)14-12(15)9-16-11-6-4-7-13-8-11/h10-11,13H,3-9H2,1-2H3,(H,14,15)/t10?,11-/m0/s1. The number of piperidine rings is 1. The molecule has 0 aromatic carbocycles. The maximum absolute atomic E-state index is 11.5.